The van der Waals surface area contributed by atoms with Gasteiger partial charge in [0.25, 0.3) is 11.9 Å². The number of nitrogens with two attached hydrogens (primary N) is 1. The first-order chi connectivity index (χ1) is 12.3. The predicted octanol–water partition coefficient (Wildman–Crippen LogP) is 3.46. The topological polar surface area (TPSA) is 77.9 Å². The van der Waals surface area contributed by atoms with Crippen molar-refractivity contribution in [2.45, 2.75) is 25.4 Å². The van der Waals surface area contributed by atoms with E-state index in [1.54, 1.807) is 17.0 Å². The summed E-state index contributed by atoms with van der Waals surface area (Å²) in [5.41, 5.74) is 5.47. The summed E-state index contributed by atoms with van der Waals surface area (Å²) in [6.45, 7) is 2.67. The number of furan rings is 1. The van der Waals surface area contributed by atoms with Crippen molar-refractivity contribution < 1.29 is 18.7 Å². The van der Waals surface area contributed by atoms with Gasteiger partial charge in [-0.2, -0.15) is 0 Å². The van der Waals surface area contributed by atoms with Crippen LogP contribution < -0.4 is 10.5 Å². The number of nitrogens with zero attached hydrogens (tertiary/aromatic N) is 1. The fourth-order valence-electron chi connectivity index (χ4n) is 2.81. The van der Waals surface area contributed by atoms with Gasteiger partial charge in [-0.1, -0.05) is 18.2 Å². The minimum atomic E-state index is -0.108. The summed E-state index contributed by atoms with van der Waals surface area (Å²) in [6, 6.07) is 12.7. The zero-order valence-corrected chi connectivity index (χ0v) is 15.5. The van der Waals surface area contributed by atoms with Gasteiger partial charge in [0.2, 0.25) is 0 Å². The Kier molecular flexibility index (Phi) is 7.97. The molecule has 0 spiro atoms. The van der Waals surface area contributed by atoms with E-state index in [4.69, 9.17) is 19.6 Å². The van der Waals surface area contributed by atoms with Crippen molar-refractivity contribution in [3.63, 3.8) is 0 Å². The number of amides is 1. The van der Waals surface area contributed by atoms with Crippen LogP contribution in [0.4, 0.5) is 0 Å². The summed E-state index contributed by atoms with van der Waals surface area (Å²) in [5, 5.41) is 0. The average Bonchev–Trinajstić information content (AvgIpc) is 3.11. The zero-order valence-electron chi connectivity index (χ0n) is 14.6. The molecular weight excluding hydrogens is 356 g/mol. The molecule has 2 N–H and O–H groups in total. The lowest BCUT2D eigenvalue weighted by Gasteiger charge is -2.31. The Bertz CT molecular complexity index is 669. The summed E-state index contributed by atoms with van der Waals surface area (Å²) >= 11 is 0. The van der Waals surface area contributed by atoms with Crippen LogP contribution in [0.3, 0.4) is 0 Å². The highest BCUT2D eigenvalue weighted by atomic mass is 35.5. The molecule has 1 aromatic carbocycles. The fourth-order valence-corrected chi connectivity index (χ4v) is 2.81. The molecule has 0 unspecified atom stereocenters. The molecule has 6 nitrogen and oxygen atoms in total. The van der Waals surface area contributed by atoms with E-state index in [1.165, 1.54) is 0 Å². The average molecular weight is 381 g/mol. The van der Waals surface area contributed by atoms with Crippen molar-refractivity contribution in [1.29, 1.82) is 0 Å². The first-order valence-electron chi connectivity index (χ1n) is 8.70. The van der Waals surface area contributed by atoms with Gasteiger partial charge in [0.05, 0.1) is 6.10 Å². The molecule has 7 heteroatoms. The van der Waals surface area contributed by atoms with E-state index >= 15 is 0 Å². The van der Waals surface area contributed by atoms with Crippen LogP contribution in [0.1, 0.15) is 29.8 Å². The number of benzene rings is 1. The number of carbonyl (C=O) groups is 1. The molecular formula is C19H25ClN2O4. The van der Waals surface area contributed by atoms with Crippen LogP contribution in [-0.4, -0.2) is 43.2 Å². The molecule has 0 aliphatic carbocycles. The maximum Gasteiger partial charge on any atom is 0.290 e. The lowest BCUT2D eigenvalue weighted by Crippen LogP contribution is -2.40. The van der Waals surface area contributed by atoms with Crippen molar-refractivity contribution >= 4 is 18.3 Å². The van der Waals surface area contributed by atoms with Gasteiger partial charge in [-0.15, -0.1) is 12.4 Å². The SMILES string of the molecule is Cl.NCCCOC1CCN(C(=O)c2ccc(Oc3ccccc3)o2)CC1. The number of para-hydroxylation sites is 1. The molecule has 2 heterocycles. The van der Waals surface area contributed by atoms with Crippen LogP contribution in [0.15, 0.2) is 46.9 Å². The molecule has 0 atom stereocenters. The third-order valence-electron chi connectivity index (χ3n) is 4.18. The number of hydrogen-bond acceptors (Lipinski definition) is 5. The van der Waals surface area contributed by atoms with Crippen molar-refractivity contribution in [1.82, 2.24) is 4.90 Å². The number of likely N-dealkylation sites (tertiary alicyclic amines) is 1. The van der Waals surface area contributed by atoms with Crippen LogP contribution in [0.25, 0.3) is 0 Å². The maximum absolute atomic E-state index is 12.6. The normalized spacial score (nSPS) is 14.7. The molecule has 1 aliphatic heterocycles. The van der Waals surface area contributed by atoms with Gasteiger partial charge in [-0.3, -0.25) is 4.79 Å². The monoisotopic (exact) mass is 380 g/mol. The number of ether oxygens (including phenoxy) is 2. The molecule has 1 aliphatic rings. The van der Waals surface area contributed by atoms with E-state index in [-0.39, 0.29) is 24.4 Å². The van der Waals surface area contributed by atoms with E-state index in [0.717, 1.165) is 19.3 Å². The lowest BCUT2D eigenvalue weighted by molar-refractivity contribution is 0.00755. The fraction of sp³-hybridized carbons (Fsp3) is 0.421. The second kappa shape index (κ2) is 10.2. The standard InChI is InChI=1S/C19H24N2O4.ClH/c20-11-4-14-23-15-9-12-21(13-10-15)19(22)17-7-8-18(25-17)24-16-5-2-1-3-6-16;/h1-3,5-8,15H,4,9-14,20H2;1H. The smallest absolute Gasteiger partial charge is 0.290 e. The highest BCUT2D eigenvalue weighted by molar-refractivity contribution is 5.91. The second-order valence-electron chi connectivity index (χ2n) is 6.04. The molecule has 0 radical (unpaired) electrons. The third kappa shape index (κ3) is 5.49. The predicted molar refractivity (Wildman–Crippen MR) is 101 cm³/mol. The van der Waals surface area contributed by atoms with Crippen molar-refractivity contribution in [3.05, 3.63) is 48.2 Å². The maximum atomic E-state index is 12.6. The number of carbonyl (C=O) groups excluding carboxylic acids is 1. The van der Waals surface area contributed by atoms with E-state index in [0.29, 0.717) is 43.7 Å². The van der Waals surface area contributed by atoms with Gasteiger partial charge in [0, 0.05) is 25.8 Å². The van der Waals surface area contributed by atoms with Crippen LogP contribution in [0.5, 0.6) is 11.7 Å². The molecule has 26 heavy (non-hydrogen) atoms. The van der Waals surface area contributed by atoms with Crippen LogP contribution >= 0.6 is 12.4 Å². The zero-order chi connectivity index (χ0) is 17.5. The van der Waals surface area contributed by atoms with Gasteiger partial charge < -0.3 is 24.5 Å². The van der Waals surface area contributed by atoms with Gasteiger partial charge in [0.15, 0.2) is 5.76 Å². The Balaban J connectivity index is 0.00000243. The minimum Gasteiger partial charge on any atom is -0.426 e. The Morgan fingerprint density at radius 3 is 2.58 bits per heavy atom. The summed E-state index contributed by atoms with van der Waals surface area (Å²) in [7, 11) is 0. The van der Waals surface area contributed by atoms with Gasteiger partial charge >= 0.3 is 0 Å². The summed E-state index contributed by atoms with van der Waals surface area (Å²) < 4.78 is 16.9. The molecule has 1 aromatic heterocycles. The number of hydrogen-bond donors (Lipinski definition) is 1. The van der Waals surface area contributed by atoms with Crippen molar-refractivity contribution in [2.24, 2.45) is 5.73 Å². The van der Waals surface area contributed by atoms with Crippen LogP contribution in [-0.2, 0) is 4.74 Å². The summed E-state index contributed by atoms with van der Waals surface area (Å²) in [4.78, 5) is 14.4. The summed E-state index contributed by atoms with van der Waals surface area (Å²) in [6.07, 6.45) is 2.76. The van der Waals surface area contributed by atoms with Crippen LogP contribution in [0.2, 0.25) is 0 Å². The molecule has 0 saturated carbocycles. The molecule has 1 saturated heterocycles. The van der Waals surface area contributed by atoms with Gasteiger partial charge in [-0.25, -0.2) is 0 Å². The molecule has 3 rings (SSSR count). The van der Waals surface area contributed by atoms with Gasteiger partial charge in [-0.05, 0) is 44.0 Å². The second-order valence-corrected chi connectivity index (χ2v) is 6.04. The molecule has 1 amide bonds. The first kappa shape index (κ1) is 20.3. The van der Waals surface area contributed by atoms with Gasteiger partial charge in [0.1, 0.15) is 5.75 Å². The van der Waals surface area contributed by atoms with Crippen molar-refractivity contribution in [2.75, 3.05) is 26.2 Å². The quantitative estimate of drug-likeness (QED) is 0.744. The molecule has 2 aromatic rings. The number of halogens is 1. The molecule has 1 fully saturated rings. The highest BCUT2D eigenvalue weighted by Gasteiger charge is 2.26. The minimum absolute atomic E-state index is 0. The Labute approximate surface area is 159 Å². The van der Waals surface area contributed by atoms with E-state index < -0.39 is 0 Å². The first-order valence-corrected chi connectivity index (χ1v) is 8.70. The molecule has 0 bridgehead atoms. The highest BCUT2D eigenvalue weighted by Crippen LogP contribution is 2.25. The van der Waals surface area contributed by atoms with Crippen LogP contribution in [0, 0.1) is 0 Å². The Morgan fingerprint density at radius 1 is 1.15 bits per heavy atom. The van der Waals surface area contributed by atoms with E-state index in [9.17, 15) is 4.79 Å². The van der Waals surface area contributed by atoms with E-state index in [2.05, 4.69) is 0 Å². The lowest BCUT2D eigenvalue weighted by atomic mass is 10.1. The number of rotatable bonds is 7. The van der Waals surface area contributed by atoms with Crippen molar-refractivity contribution in [3.8, 4) is 11.7 Å². The largest absolute Gasteiger partial charge is 0.426 e. The molecule has 142 valence electrons. The van der Waals surface area contributed by atoms with E-state index in [1.807, 2.05) is 30.3 Å². The summed E-state index contributed by atoms with van der Waals surface area (Å²) in [5.74, 6) is 1.18. The Morgan fingerprint density at radius 2 is 1.88 bits per heavy atom. The number of piperidine rings is 1. The Hall–Kier alpha value is -2.02. The third-order valence-corrected chi connectivity index (χ3v) is 4.18.